The van der Waals surface area contributed by atoms with Gasteiger partial charge in [-0.25, -0.2) is 4.79 Å². The van der Waals surface area contributed by atoms with Crippen molar-refractivity contribution >= 4 is 33.5 Å². The number of carbonyl (C=O) groups excluding carboxylic acids is 1. The second kappa shape index (κ2) is 7.16. The SMILES string of the molecule is CCC(C)C(NC(=O)c1cccc([N+](=O)[O-])c1Br)C(=O)O. The Kier molecular flexibility index (Phi) is 5.83. The van der Waals surface area contributed by atoms with E-state index < -0.39 is 22.8 Å². The molecule has 1 aromatic rings. The van der Waals surface area contributed by atoms with Gasteiger partial charge in [0.1, 0.15) is 10.5 Å². The Morgan fingerprint density at radius 2 is 2.10 bits per heavy atom. The predicted molar refractivity (Wildman–Crippen MR) is 79.1 cm³/mol. The van der Waals surface area contributed by atoms with E-state index in [1.807, 2.05) is 6.92 Å². The third kappa shape index (κ3) is 4.01. The molecule has 2 atom stereocenters. The molecule has 0 heterocycles. The van der Waals surface area contributed by atoms with Gasteiger partial charge in [0.25, 0.3) is 11.6 Å². The predicted octanol–water partition coefficient (Wildman–Crippen LogP) is 2.59. The van der Waals surface area contributed by atoms with Gasteiger partial charge in [-0.1, -0.05) is 26.3 Å². The van der Waals surface area contributed by atoms with Crippen LogP contribution >= 0.6 is 15.9 Å². The Labute approximate surface area is 129 Å². The third-order valence-corrected chi connectivity index (χ3v) is 4.02. The van der Waals surface area contributed by atoms with E-state index in [9.17, 15) is 19.7 Å². The Balaban J connectivity index is 3.06. The van der Waals surface area contributed by atoms with Crippen molar-refractivity contribution in [1.29, 1.82) is 0 Å². The summed E-state index contributed by atoms with van der Waals surface area (Å²) in [7, 11) is 0. The first-order valence-electron chi connectivity index (χ1n) is 6.26. The number of hydrogen-bond donors (Lipinski definition) is 2. The molecule has 21 heavy (non-hydrogen) atoms. The van der Waals surface area contributed by atoms with E-state index in [0.717, 1.165) is 0 Å². The summed E-state index contributed by atoms with van der Waals surface area (Å²) in [5.74, 6) is -2.07. The zero-order valence-corrected chi connectivity index (χ0v) is 13.1. The van der Waals surface area contributed by atoms with Crippen molar-refractivity contribution < 1.29 is 19.6 Å². The minimum absolute atomic E-state index is 0.0266. The number of carboxylic acid groups (broad SMARTS) is 1. The van der Waals surface area contributed by atoms with Crippen molar-refractivity contribution in [3.63, 3.8) is 0 Å². The van der Waals surface area contributed by atoms with Crippen LogP contribution in [-0.2, 0) is 4.79 Å². The van der Waals surface area contributed by atoms with Crippen LogP contribution < -0.4 is 5.32 Å². The zero-order chi connectivity index (χ0) is 16.2. The van der Waals surface area contributed by atoms with E-state index in [2.05, 4.69) is 21.2 Å². The van der Waals surface area contributed by atoms with E-state index in [4.69, 9.17) is 5.11 Å². The number of benzene rings is 1. The molecule has 0 aliphatic rings. The summed E-state index contributed by atoms with van der Waals surface area (Å²) in [5, 5.41) is 22.4. The number of aliphatic carboxylic acids is 1. The number of carbonyl (C=O) groups is 2. The van der Waals surface area contributed by atoms with E-state index in [1.165, 1.54) is 18.2 Å². The van der Waals surface area contributed by atoms with Gasteiger partial charge in [0.15, 0.2) is 0 Å². The lowest BCUT2D eigenvalue weighted by Gasteiger charge is -2.20. The van der Waals surface area contributed by atoms with Crippen LogP contribution in [0.3, 0.4) is 0 Å². The van der Waals surface area contributed by atoms with Gasteiger partial charge < -0.3 is 10.4 Å². The molecule has 0 spiro atoms. The standard InChI is InChI=1S/C13H15BrN2O5/c1-3-7(2)11(13(18)19)15-12(17)8-5-4-6-9(10(8)14)16(20)21/h4-7,11H,3H2,1-2H3,(H,15,17)(H,18,19). The number of amides is 1. The van der Waals surface area contributed by atoms with Crippen LogP contribution in [0.5, 0.6) is 0 Å². The van der Waals surface area contributed by atoms with E-state index in [0.29, 0.717) is 6.42 Å². The molecule has 0 saturated carbocycles. The van der Waals surface area contributed by atoms with Crippen molar-refractivity contribution in [3.05, 3.63) is 38.3 Å². The minimum atomic E-state index is -1.14. The summed E-state index contributed by atoms with van der Waals surface area (Å²) in [6.07, 6.45) is 0.577. The Bertz CT molecular complexity index is 576. The normalized spacial score (nSPS) is 13.3. The first kappa shape index (κ1) is 17.1. The third-order valence-electron chi connectivity index (χ3n) is 3.19. The molecule has 1 amide bonds. The highest BCUT2D eigenvalue weighted by molar-refractivity contribution is 9.10. The van der Waals surface area contributed by atoms with Gasteiger partial charge in [0.2, 0.25) is 0 Å². The number of hydrogen-bond acceptors (Lipinski definition) is 4. The highest BCUT2D eigenvalue weighted by Gasteiger charge is 2.27. The molecule has 2 unspecified atom stereocenters. The van der Waals surface area contributed by atoms with Gasteiger partial charge in [-0.3, -0.25) is 14.9 Å². The first-order chi connectivity index (χ1) is 9.79. The lowest BCUT2D eigenvalue weighted by Crippen LogP contribution is -2.45. The smallest absolute Gasteiger partial charge is 0.326 e. The summed E-state index contributed by atoms with van der Waals surface area (Å²) in [6.45, 7) is 3.53. The van der Waals surface area contributed by atoms with Gasteiger partial charge in [-0.15, -0.1) is 0 Å². The van der Waals surface area contributed by atoms with Crippen LogP contribution in [0.25, 0.3) is 0 Å². The van der Waals surface area contributed by atoms with Crippen LogP contribution in [-0.4, -0.2) is 27.9 Å². The summed E-state index contributed by atoms with van der Waals surface area (Å²) < 4.78 is 0.0285. The number of rotatable bonds is 6. The van der Waals surface area contributed by atoms with Crippen molar-refractivity contribution in [1.82, 2.24) is 5.32 Å². The number of nitro benzene ring substituents is 1. The minimum Gasteiger partial charge on any atom is -0.480 e. The number of nitro groups is 1. The molecule has 1 aromatic carbocycles. The van der Waals surface area contributed by atoms with E-state index in [-0.39, 0.29) is 21.6 Å². The highest BCUT2D eigenvalue weighted by Crippen LogP contribution is 2.28. The molecule has 114 valence electrons. The summed E-state index contributed by atoms with van der Waals surface area (Å²) in [4.78, 5) is 33.6. The second-order valence-corrected chi connectivity index (χ2v) is 5.36. The van der Waals surface area contributed by atoms with Crippen molar-refractivity contribution in [3.8, 4) is 0 Å². The Hall–Kier alpha value is -1.96. The quantitative estimate of drug-likeness (QED) is 0.599. The van der Waals surface area contributed by atoms with Gasteiger partial charge in [-0.2, -0.15) is 0 Å². The second-order valence-electron chi connectivity index (χ2n) is 4.57. The van der Waals surface area contributed by atoms with Gasteiger partial charge in [0, 0.05) is 6.07 Å². The Morgan fingerprint density at radius 3 is 2.57 bits per heavy atom. The average Bonchev–Trinajstić information content (AvgIpc) is 2.43. The molecule has 0 radical (unpaired) electrons. The van der Waals surface area contributed by atoms with Crippen LogP contribution in [0.15, 0.2) is 22.7 Å². The molecule has 7 nitrogen and oxygen atoms in total. The largest absolute Gasteiger partial charge is 0.480 e. The molecular formula is C13H15BrN2O5. The summed E-state index contributed by atoms with van der Waals surface area (Å²) in [6, 6.07) is 2.97. The molecule has 0 fully saturated rings. The first-order valence-corrected chi connectivity index (χ1v) is 7.05. The molecule has 0 aliphatic carbocycles. The topological polar surface area (TPSA) is 110 Å². The van der Waals surface area contributed by atoms with Crippen molar-refractivity contribution in [2.45, 2.75) is 26.3 Å². The number of nitrogens with zero attached hydrogens (tertiary/aromatic N) is 1. The molecule has 8 heteroatoms. The van der Waals surface area contributed by atoms with Gasteiger partial charge >= 0.3 is 5.97 Å². The molecule has 0 bridgehead atoms. The fourth-order valence-corrected chi connectivity index (χ4v) is 2.33. The lowest BCUT2D eigenvalue weighted by molar-refractivity contribution is -0.385. The Morgan fingerprint density at radius 1 is 1.48 bits per heavy atom. The molecule has 2 N–H and O–H groups in total. The zero-order valence-electron chi connectivity index (χ0n) is 11.5. The molecule has 0 saturated heterocycles. The van der Waals surface area contributed by atoms with E-state index >= 15 is 0 Å². The van der Waals surface area contributed by atoms with Crippen molar-refractivity contribution in [2.75, 3.05) is 0 Å². The number of carboxylic acids is 1. The maximum absolute atomic E-state index is 12.1. The highest BCUT2D eigenvalue weighted by atomic mass is 79.9. The maximum Gasteiger partial charge on any atom is 0.326 e. The molecule has 0 aliphatic heterocycles. The summed E-state index contributed by atoms with van der Waals surface area (Å²) >= 11 is 3.01. The van der Waals surface area contributed by atoms with Crippen LogP contribution in [0.1, 0.15) is 30.6 Å². The van der Waals surface area contributed by atoms with Gasteiger partial charge in [0.05, 0.1) is 10.5 Å². The summed E-state index contributed by atoms with van der Waals surface area (Å²) in [5.41, 5.74) is -0.225. The van der Waals surface area contributed by atoms with Gasteiger partial charge in [-0.05, 0) is 27.9 Å². The lowest BCUT2D eigenvalue weighted by atomic mass is 9.99. The van der Waals surface area contributed by atoms with Crippen LogP contribution in [0.2, 0.25) is 0 Å². The molecule has 0 aromatic heterocycles. The number of halogens is 1. The average molecular weight is 359 g/mol. The number of nitrogens with one attached hydrogen (secondary N) is 1. The fraction of sp³-hybridized carbons (Fsp3) is 0.385. The van der Waals surface area contributed by atoms with E-state index in [1.54, 1.807) is 6.92 Å². The van der Waals surface area contributed by atoms with Crippen molar-refractivity contribution in [2.24, 2.45) is 5.92 Å². The van der Waals surface area contributed by atoms with Crippen LogP contribution in [0.4, 0.5) is 5.69 Å². The molecule has 1 rings (SSSR count). The molecular weight excluding hydrogens is 344 g/mol. The monoisotopic (exact) mass is 358 g/mol. The van der Waals surface area contributed by atoms with Crippen LogP contribution in [0, 0.1) is 16.0 Å². The maximum atomic E-state index is 12.1. The fourth-order valence-electron chi connectivity index (χ4n) is 1.74.